The molecular formula is C13H19NO2S. The van der Waals surface area contributed by atoms with Crippen LogP contribution in [-0.2, 0) is 16.0 Å². The highest BCUT2D eigenvalue weighted by atomic mass is 32.1. The molecule has 3 nitrogen and oxygen atoms in total. The molecular weight excluding hydrogens is 234 g/mol. The van der Waals surface area contributed by atoms with E-state index in [4.69, 9.17) is 10.5 Å². The Morgan fingerprint density at radius 1 is 1.47 bits per heavy atom. The summed E-state index contributed by atoms with van der Waals surface area (Å²) in [6.45, 7) is 0.468. The van der Waals surface area contributed by atoms with Gasteiger partial charge in [0.1, 0.15) is 0 Å². The Kier molecular flexibility index (Phi) is 4.18. The zero-order valence-electron chi connectivity index (χ0n) is 9.98. The summed E-state index contributed by atoms with van der Waals surface area (Å²) < 4.78 is 5.23. The first-order valence-corrected chi connectivity index (χ1v) is 7.03. The first-order chi connectivity index (χ1) is 8.18. The first kappa shape index (κ1) is 12.6. The highest BCUT2D eigenvalue weighted by molar-refractivity contribution is 7.09. The maximum absolute atomic E-state index is 11.6. The summed E-state index contributed by atoms with van der Waals surface area (Å²) in [7, 11) is 0. The van der Waals surface area contributed by atoms with Crippen LogP contribution >= 0.6 is 11.3 Å². The highest BCUT2D eigenvalue weighted by Crippen LogP contribution is 2.30. The molecule has 1 heterocycles. The molecule has 4 heteroatoms. The summed E-state index contributed by atoms with van der Waals surface area (Å²) >= 11 is 1.69. The van der Waals surface area contributed by atoms with Gasteiger partial charge in [-0.1, -0.05) is 18.9 Å². The van der Waals surface area contributed by atoms with E-state index in [0.717, 1.165) is 32.1 Å². The van der Waals surface area contributed by atoms with Crippen molar-refractivity contribution in [3.63, 3.8) is 0 Å². The minimum absolute atomic E-state index is 0.147. The minimum atomic E-state index is -0.292. The molecule has 2 N–H and O–H groups in total. The van der Waals surface area contributed by atoms with Gasteiger partial charge in [0.05, 0.1) is 13.0 Å². The van der Waals surface area contributed by atoms with Crippen molar-refractivity contribution >= 4 is 17.3 Å². The molecule has 1 fully saturated rings. The molecule has 0 radical (unpaired) electrons. The Morgan fingerprint density at radius 3 is 2.88 bits per heavy atom. The van der Waals surface area contributed by atoms with Crippen molar-refractivity contribution in [2.45, 2.75) is 44.1 Å². The van der Waals surface area contributed by atoms with Crippen molar-refractivity contribution < 1.29 is 9.53 Å². The third kappa shape index (κ3) is 3.82. The molecule has 0 bridgehead atoms. The van der Waals surface area contributed by atoms with E-state index in [9.17, 15) is 4.79 Å². The molecule has 1 aliphatic carbocycles. The summed E-state index contributed by atoms with van der Waals surface area (Å²) in [4.78, 5) is 12.9. The molecule has 17 heavy (non-hydrogen) atoms. The van der Waals surface area contributed by atoms with Gasteiger partial charge in [-0.05, 0) is 24.3 Å². The number of hydrogen-bond acceptors (Lipinski definition) is 4. The van der Waals surface area contributed by atoms with Crippen LogP contribution in [0.4, 0.5) is 0 Å². The molecule has 0 spiro atoms. The second-order valence-corrected chi connectivity index (χ2v) is 5.83. The Balaban J connectivity index is 1.67. The lowest BCUT2D eigenvalue weighted by molar-refractivity contribution is -0.144. The van der Waals surface area contributed by atoms with Crippen molar-refractivity contribution in [3.05, 3.63) is 22.4 Å². The van der Waals surface area contributed by atoms with E-state index in [-0.39, 0.29) is 11.5 Å². The molecule has 0 saturated heterocycles. The highest BCUT2D eigenvalue weighted by Gasteiger charge is 2.32. The number of carbonyl (C=O) groups is 1. The number of nitrogens with two attached hydrogens (primary N) is 1. The van der Waals surface area contributed by atoms with E-state index >= 15 is 0 Å². The molecule has 0 atom stereocenters. The van der Waals surface area contributed by atoms with E-state index < -0.39 is 0 Å². The van der Waals surface area contributed by atoms with E-state index in [1.54, 1.807) is 11.3 Å². The number of carbonyl (C=O) groups excluding carboxylic acids is 1. The average molecular weight is 253 g/mol. The fraction of sp³-hybridized carbons (Fsp3) is 0.615. The standard InChI is InChI=1S/C13H19NO2S/c14-13(6-1-2-7-13)10-12(15)16-8-5-11-4-3-9-17-11/h3-4,9H,1-2,5-8,10,14H2. The van der Waals surface area contributed by atoms with Crippen LogP contribution in [-0.4, -0.2) is 18.1 Å². The van der Waals surface area contributed by atoms with Gasteiger partial charge in [-0.25, -0.2) is 0 Å². The van der Waals surface area contributed by atoms with E-state index in [0.29, 0.717) is 13.0 Å². The molecule has 1 aromatic heterocycles. The number of esters is 1. The molecule has 0 aromatic carbocycles. The Bertz CT molecular complexity index is 356. The van der Waals surface area contributed by atoms with Crippen LogP contribution < -0.4 is 5.73 Å². The van der Waals surface area contributed by atoms with Gasteiger partial charge in [0.25, 0.3) is 0 Å². The third-order valence-electron chi connectivity index (χ3n) is 3.29. The quantitative estimate of drug-likeness (QED) is 0.820. The van der Waals surface area contributed by atoms with E-state index in [1.807, 2.05) is 11.4 Å². The van der Waals surface area contributed by atoms with Crippen LogP contribution in [0.2, 0.25) is 0 Å². The van der Waals surface area contributed by atoms with Crippen molar-refractivity contribution in [1.82, 2.24) is 0 Å². The van der Waals surface area contributed by atoms with Crippen molar-refractivity contribution in [1.29, 1.82) is 0 Å². The Morgan fingerprint density at radius 2 is 2.24 bits per heavy atom. The fourth-order valence-corrected chi connectivity index (χ4v) is 3.00. The normalized spacial score (nSPS) is 18.2. The summed E-state index contributed by atoms with van der Waals surface area (Å²) in [6.07, 6.45) is 5.36. The van der Waals surface area contributed by atoms with Gasteiger partial charge in [0.15, 0.2) is 0 Å². The van der Waals surface area contributed by atoms with Crippen LogP contribution in [0.25, 0.3) is 0 Å². The van der Waals surface area contributed by atoms with Crippen LogP contribution in [0.15, 0.2) is 17.5 Å². The fourth-order valence-electron chi connectivity index (χ4n) is 2.31. The van der Waals surface area contributed by atoms with Crippen molar-refractivity contribution in [3.8, 4) is 0 Å². The Labute approximate surface area is 106 Å². The zero-order valence-corrected chi connectivity index (χ0v) is 10.8. The lowest BCUT2D eigenvalue weighted by atomic mass is 9.95. The monoisotopic (exact) mass is 253 g/mol. The van der Waals surface area contributed by atoms with E-state index in [1.165, 1.54) is 4.88 Å². The van der Waals surface area contributed by atoms with Crippen LogP contribution in [0.5, 0.6) is 0 Å². The van der Waals surface area contributed by atoms with E-state index in [2.05, 4.69) is 6.07 Å². The smallest absolute Gasteiger partial charge is 0.307 e. The molecule has 0 amide bonds. The summed E-state index contributed by atoms with van der Waals surface area (Å²) in [5, 5.41) is 2.03. The van der Waals surface area contributed by atoms with Gasteiger partial charge in [-0.3, -0.25) is 4.79 Å². The number of thiophene rings is 1. The summed E-state index contributed by atoms with van der Waals surface area (Å²) in [5.41, 5.74) is 5.84. The second kappa shape index (κ2) is 5.65. The predicted molar refractivity (Wildman–Crippen MR) is 69.0 cm³/mol. The molecule has 0 unspecified atom stereocenters. The molecule has 1 aromatic rings. The van der Waals surface area contributed by atoms with Crippen LogP contribution in [0.3, 0.4) is 0 Å². The molecule has 2 rings (SSSR count). The molecule has 94 valence electrons. The van der Waals surface area contributed by atoms with Gasteiger partial charge in [0, 0.05) is 16.8 Å². The van der Waals surface area contributed by atoms with Gasteiger partial charge in [0.2, 0.25) is 0 Å². The average Bonchev–Trinajstić information content (AvgIpc) is 2.90. The number of ether oxygens (including phenoxy) is 1. The maximum Gasteiger partial charge on any atom is 0.307 e. The molecule has 1 aliphatic rings. The summed E-state index contributed by atoms with van der Waals surface area (Å²) in [5.74, 6) is -0.147. The zero-order chi connectivity index (χ0) is 12.1. The van der Waals surface area contributed by atoms with Gasteiger partial charge in [-0.15, -0.1) is 11.3 Å². The minimum Gasteiger partial charge on any atom is -0.465 e. The second-order valence-electron chi connectivity index (χ2n) is 4.80. The predicted octanol–water partition coefficient (Wildman–Crippen LogP) is 2.50. The molecule has 1 saturated carbocycles. The van der Waals surface area contributed by atoms with Gasteiger partial charge < -0.3 is 10.5 Å². The number of hydrogen-bond donors (Lipinski definition) is 1. The molecule has 0 aliphatic heterocycles. The van der Waals surface area contributed by atoms with Crippen LogP contribution in [0.1, 0.15) is 37.0 Å². The largest absolute Gasteiger partial charge is 0.465 e. The SMILES string of the molecule is NC1(CC(=O)OCCc2cccs2)CCCC1. The van der Waals surface area contributed by atoms with Crippen molar-refractivity contribution in [2.24, 2.45) is 5.73 Å². The van der Waals surface area contributed by atoms with Gasteiger partial charge >= 0.3 is 5.97 Å². The Hall–Kier alpha value is -0.870. The van der Waals surface area contributed by atoms with Gasteiger partial charge in [-0.2, -0.15) is 0 Å². The number of rotatable bonds is 5. The lowest BCUT2D eigenvalue weighted by Crippen LogP contribution is -2.39. The lowest BCUT2D eigenvalue weighted by Gasteiger charge is -2.21. The first-order valence-electron chi connectivity index (χ1n) is 6.15. The topological polar surface area (TPSA) is 52.3 Å². The third-order valence-corrected chi connectivity index (χ3v) is 4.22. The maximum atomic E-state index is 11.6. The van der Waals surface area contributed by atoms with Crippen molar-refractivity contribution in [2.75, 3.05) is 6.61 Å². The summed E-state index contributed by atoms with van der Waals surface area (Å²) in [6, 6.07) is 4.06. The van der Waals surface area contributed by atoms with Crippen LogP contribution in [0, 0.1) is 0 Å².